The van der Waals surface area contributed by atoms with E-state index in [1.54, 1.807) is 6.20 Å². The number of carbonyl (C=O) groups excluding carboxylic acids is 2. The Morgan fingerprint density at radius 3 is 2.75 bits per heavy atom. The van der Waals surface area contributed by atoms with Crippen molar-refractivity contribution >= 4 is 11.8 Å². The third kappa shape index (κ3) is 3.53. The predicted molar refractivity (Wildman–Crippen MR) is 108 cm³/mol. The number of hydrogen-bond acceptors (Lipinski definition) is 3. The first-order valence-electron chi connectivity index (χ1n) is 10.0. The standard InChI is InChI=1S/C23H27N3O2/c1-17-5-3-6-19(13-17)15-25-11-4-9-23(22(25)28)10-12-26(16-23)21(27)20-8-7-18(2)24-14-20/h3,5-8,13-14H,4,9-12,15-16H2,1-2H3. The van der Waals surface area contributed by atoms with E-state index in [4.69, 9.17) is 0 Å². The van der Waals surface area contributed by atoms with Crippen LogP contribution < -0.4 is 0 Å². The molecule has 3 heterocycles. The van der Waals surface area contributed by atoms with Crippen molar-refractivity contribution in [1.82, 2.24) is 14.8 Å². The fraction of sp³-hybridized carbons (Fsp3) is 0.435. The van der Waals surface area contributed by atoms with Gasteiger partial charge in [-0.15, -0.1) is 0 Å². The van der Waals surface area contributed by atoms with Gasteiger partial charge in [0, 0.05) is 38.1 Å². The first-order chi connectivity index (χ1) is 13.5. The first-order valence-corrected chi connectivity index (χ1v) is 10.0. The van der Waals surface area contributed by atoms with Crippen LogP contribution in [0, 0.1) is 19.3 Å². The molecule has 1 unspecified atom stereocenters. The van der Waals surface area contributed by atoms with Gasteiger partial charge < -0.3 is 9.80 Å². The number of piperidine rings is 1. The Bertz CT molecular complexity index is 893. The molecule has 0 N–H and O–H groups in total. The van der Waals surface area contributed by atoms with Gasteiger partial charge >= 0.3 is 0 Å². The molecule has 0 aliphatic carbocycles. The lowest BCUT2D eigenvalue weighted by Crippen LogP contribution is -2.50. The molecule has 1 atom stereocenters. The molecule has 4 rings (SSSR count). The molecule has 0 bridgehead atoms. The highest BCUT2D eigenvalue weighted by atomic mass is 16.2. The smallest absolute Gasteiger partial charge is 0.255 e. The number of likely N-dealkylation sites (tertiary alicyclic amines) is 2. The van der Waals surface area contributed by atoms with Crippen molar-refractivity contribution in [3.63, 3.8) is 0 Å². The summed E-state index contributed by atoms with van der Waals surface area (Å²) in [5.41, 5.74) is 3.45. The molecule has 1 aromatic carbocycles. The van der Waals surface area contributed by atoms with Crippen LogP contribution >= 0.6 is 0 Å². The van der Waals surface area contributed by atoms with Gasteiger partial charge in [0.05, 0.1) is 11.0 Å². The molecular weight excluding hydrogens is 350 g/mol. The Morgan fingerprint density at radius 2 is 2.00 bits per heavy atom. The SMILES string of the molecule is Cc1cccc(CN2CCCC3(CCN(C(=O)c4ccc(C)nc4)C3)C2=O)c1. The van der Waals surface area contributed by atoms with Crippen molar-refractivity contribution in [2.75, 3.05) is 19.6 Å². The number of benzene rings is 1. The molecule has 0 radical (unpaired) electrons. The zero-order valence-electron chi connectivity index (χ0n) is 16.6. The monoisotopic (exact) mass is 377 g/mol. The van der Waals surface area contributed by atoms with Crippen LogP contribution in [-0.4, -0.2) is 46.2 Å². The average molecular weight is 377 g/mol. The minimum absolute atomic E-state index is 0.0204. The molecule has 5 heteroatoms. The molecule has 2 aliphatic heterocycles. The number of carbonyl (C=O) groups is 2. The quantitative estimate of drug-likeness (QED) is 0.824. The molecule has 2 fully saturated rings. The van der Waals surface area contributed by atoms with Gasteiger partial charge in [0.15, 0.2) is 0 Å². The maximum absolute atomic E-state index is 13.4. The van der Waals surface area contributed by atoms with E-state index in [2.05, 4.69) is 30.1 Å². The van der Waals surface area contributed by atoms with Gasteiger partial charge in [0.1, 0.15) is 0 Å². The fourth-order valence-corrected chi connectivity index (χ4v) is 4.54. The van der Waals surface area contributed by atoms with Crippen LogP contribution in [0.1, 0.15) is 46.4 Å². The number of hydrogen-bond donors (Lipinski definition) is 0. The van der Waals surface area contributed by atoms with E-state index in [-0.39, 0.29) is 11.8 Å². The molecule has 2 amide bonds. The predicted octanol–water partition coefficient (Wildman–Crippen LogP) is 3.35. The van der Waals surface area contributed by atoms with Crippen LogP contribution in [-0.2, 0) is 11.3 Å². The number of amides is 2. The van der Waals surface area contributed by atoms with E-state index >= 15 is 0 Å². The average Bonchev–Trinajstić information content (AvgIpc) is 3.11. The third-order valence-electron chi connectivity index (χ3n) is 6.08. The van der Waals surface area contributed by atoms with E-state index in [1.165, 1.54) is 11.1 Å². The number of aryl methyl sites for hydroxylation is 2. The van der Waals surface area contributed by atoms with Crippen molar-refractivity contribution < 1.29 is 9.59 Å². The highest BCUT2D eigenvalue weighted by molar-refractivity contribution is 5.95. The second-order valence-corrected chi connectivity index (χ2v) is 8.26. The molecule has 146 valence electrons. The number of rotatable bonds is 3. The van der Waals surface area contributed by atoms with Crippen molar-refractivity contribution in [2.45, 2.75) is 39.7 Å². The second-order valence-electron chi connectivity index (χ2n) is 8.26. The van der Waals surface area contributed by atoms with Gasteiger partial charge in [-0.05, 0) is 50.8 Å². The van der Waals surface area contributed by atoms with E-state index in [1.807, 2.05) is 34.9 Å². The van der Waals surface area contributed by atoms with Gasteiger partial charge in [-0.25, -0.2) is 0 Å². The summed E-state index contributed by atoms with van der Waals surface area (Å²) >= 11 is 0. The van der Waals surface area contributed by atoms with E-state index in [0.717, 1.165) is 31.5 Å². The van der Waals surface area contributed by atoms with Crippen molar-refractivity contribution in [1.29, 1.82) is 0 Å². The molecule has 2 aliphatic rings. The Balaban J connectivity index is 1.48. The molecule has 1 aromatic heterocycles. The molecule has 5 nitrogen and oxygen atoms in total. The summed E-state index contributed by atoms with van der Waals surface area (Å²) in [7, 11) is 0. The molecular formula is C23H27N3O2. The maximum Gasteiger partial charge on any atom is 0.255 e. The van der Waals surface area contributed by atoms with E-state index < -0.39 is 5.41 Å². The van der Waals surface area contributed by atoms with Gasteiger partial charge in [0.25, 0.3) is 5.91 Å². The largest absolute Gasteiger partial charge is 0.338 e. The topological polar surface area (TPSA) is 53.5 Å². The number of aromatic nitrogens is 1. The summed E-state index contributed by atoms with van der Waals surface area (Å²) in [6.07, 6.45) is 4.24. The first kappa shape index (κ1) is 18.7. The third-order valence-corrected chi connectivity index (χ3v) is 6.08. The molecule has 1 spiro atoms. The van der Waals surface area contributed by atoms with Crippen LogP contribution in [0.25, 0.3) is 0 Å². The number of nitrogens with zero attached hydrogens (tertiary/aromatic N) is 3. The Hall–Kier alpha value is -2.69. The highest BCUT2D eigenvalue weighted by Gasteiger charge is 2.49. The van der Waals surface area contributed by atoms with Gasteiger partial charge in [-0.2, -0.15) is 0 Å². The summed E-state index contributed by atoms with van der Waals surface area (Å²) in [4.78, 5) is 34.3. The van der Waals surface area contributed by atoms with Crippen molar-refractivity contribution in [2.24, 2.45) is 5.41 Å². The number of pyridine rings is 1. The Labute approximate surface area is 166 Å². The normalized spacial score (nSPS) is 22.1. The second kappa shape index (κ2) is 7.38. The lowest BCUT2D eigenvalue weighted by Gasteiger charge is -2.39. The highest BCUT2D eigenvalue weighted by Crippen LogP contribution is 2.41. The molecule has 0 saturated carbocycles. The van der Waals surface area contributed by atoms with Crippen LogP contribution in [0.3, 0.4) is 0 Å². The van der Waals surface area contributed by atoms with E-state index in [0.29, 0.717) is 25.2 Å². The minimum atomic E-state index is -0.421. The molecule has 2 aromatic rings. The van der Waals surface area contributed by atoms with Crippen LogP contribution in [0.5, 0.6) is 0 Å². The zero-order valence-corrected chi connectivity index (χ0v) is 16.6. The Morgan fingerprint density at radius 1 is 1.14 bits per heavy atom. The Kier molecular flexibility index (Phi) is 4.92. The van der Waals surface area contributed by atoms with Gasteiger partial charge in [-0.1, -0.05) is 29.8 Å². The lowest BCUT2D eigenvalue weighted by atomic mass is 9.78. The minimum Gasteiger partial charge on any atom is -0.338 e. The fourth-order valence-electron chi connectivity index (χ4n) is 4.54. The van der Waals surface area contributed by atoms with Crippen LogP contribution in [0.4, 0.5) is 0 Å². The zero-order chi connectivity index (χ0) is 19.7. The van der Waals surface area contributed by atoms with Crippen molar-refractivity contribution in [3.8, 4) is 0 Å². The van der Waals surface area contributed by atoms with E-state index in [9.17, 15) is 9.59 Å². The summed E-state index contributed by atoms with van der Waals surface area (Å²) in [5.74, 6) is 0.186. The summed E-state index contributed by atoms with van der Waals surface area (Å²) < 4.78 is 0. The summed E-state index contributed by atoms with van der Waals surface area (Å²) in [6.45, 7) is 6.58. The van der Waals surface area contributed by atoms with Crippen molar-refractivity contribution in [3.05, 3.63) is 65.0 Å². The van der Waals surface area contributed by atoms with Gasteiger partial charge in [-0.3, -0.25) is 14.6 Å². The summed E-state index contributed by atoms with van der Waals surface area (Å²) in [5, 5.41) is 0. The lowest BCUT2D eigenvalue weighted by molar-refractivity contribution is -0.146. The van der Waals surface area contributed by atoms with Crippen LogP contribution in [0.15, 0.2) is 42.6 Å². The maximum atomic E-state index is 13.4. The molecule has 28 heavy (non-hydrogen) atoms. The van der Waals surface area contributed by atoms with Gasteiger partial charge in [0.2, 0.25) is 5.91 Å². The summed E-state index contributed by atoms with van der Waals surface area (Å²) in [6, 6.07) is 12.0. The van der Waals surface area contributed by atoms with Crippen LogP contribution in [0.2, 0.25) is 0 Å². The molecule has 2 saturated heterocycles.